The minimum absolute atomic E-state index is 0.0234. The molecule has 0 N–H and O–H groups in total. The lowest BCUT2D eigenvalue weighted by Gasteiger charge is -2.33. The first kappa shape index (κ1) is 12.6. The number of amides is 2. The van der Waals surface area contributed by atoms with Crippen LogP contribution in [0.15, 0.2) is 30.3 Å². The van der Waals surface area contributed by atoms with Crippen LogP contribution in [-0.4, -0.2) is 23.0 Å². The minimum Gasteiger partial charge on any atom is -0.361 e. The Kier molecular flexibility index (Phi) is 1.83. The van der Waals surface area contributed by atoms with Crippen LogP contribution in [0.5, 0.6) is 0 Å². The maximum atomic E-state index is 13.2. The van der Waals surface area contributed by atoms with Crippen molar-refractivity contribution in [2.24, 2.45) is 35.5 Å². The second-order valence-electron chi connectivity index (χ2n) is 8.74. The Morgan fingerprint density at radius 1 is 0.875 bits per heavy atom. The molecule has 2 amide bonds. The normalized spacial score (nSPS) is 55.1. The zero-order valence-corrected chi connectivity index (χ0v) is 13.4. The van der Waals surface area contributed by atoms with Crippen molar-refractivity contribution in [2.45, 2.75) is 36.9 Å². The highest BCUT2D eigenvalue weighted by molar-refractivity contribution is 6.22. The van der Waals surface area contributed by atoms with Crippen molar-refractivity contribution in [1.82, 2.24) is 0 Å². The van der Waals surface area contributed by atoms with Crippen molar-refractivity contribution in [1.29, 1.82) is 0 Å². The van der Waals surface area contributed by atoms with Gasteiger partial charge in [0.15, 0.2) is 0 Å². The molecule has 122 valence electrons. The van der Waals surface area contributed by atoms with Crippen molar-refractivity contribution in [3.8, 4) is 0 Å². The first-order valence-electron chi connectivity index (χ1n) is 9.33. The number of nitrogens with zero attached hydrogens (tertiary/aromatic N) is 1. The van der Waals surface area contributed by atoms with Gasteiger partial charge in [-0.1, -0.05) is 18.2 Å². The van der Waals surface area contributed by atoms with Crippen LogP contribution in [0.25, 0.3) is 0 Å². The molecule has 6 fully saturated rings. The van der Waals surface area contributed by atoms with Gasteiger partial charge in [0.05, 0.1) is 17.5 Å². The molecule has 0 unspecified atom stereocenters. The number of epoxide rings is 1. The van der Waals surface area contributed by atoms with Gasteiger partial charge in [-0.15, -0.1) is 0 Å². The molecule has 6 aliphatic rings. The summed E-state index contributed by atoms with van der Waals surface area (Å²) >= 11 is 0. The second-order valence-corrected chi connectivity index (χ2v) is 8.74. The number of fused-ring (bicyclic) bond motifs is 7. The number of carbonyl (C=O) groups is 2. The highest BCUT2D eigenvalue weighted by atomic mass is 16.6. The van der Waals surface area contributed by atoms with Crippen LogP contribution in [-0.2, 0) is 14.3 Å². The third-order valence-electron chi connectivity index (χ3n) is 8.44. The molecule has 2 saturated heterocycles. The summed E-state index contributed by atoms with van der Waals surface area (Å²) in [5.41, 5.74) is 0.688. The average Bonchev–Trinajstić information content (AvgIpc) is 3.05. The number of rotatable bonds is 1. The third-order valence-corrected chi connectivity index (χ3v) is 8.44. The van der Waals surface area contributed by atoms with E-state index in [-0.39, 0.29) is 46.7 Å². The van der Waals surface area contributed by atoms with Crippen molar-refractivity contribution < 1.29 is 14.3 Å². The molecule has 4 heteroatoms. The summed E-state index contributed by atoms with van der Waals surface area (Å²) in [6, 6.07) is 9.45. The van der Waals surface area contributed by atoms with Crippen LogP contribution in [0.3, 0.4) is 0 Å². The van der Waals surface area contributed by atoms with Crippen LogP contribution >= 0.6 is 0 Å². The predicted molar refractivity (Wildman–Crippen MR) is 84.9 cm³/mol. The molecular formula is C20H19NO3. The average molecular weight is 321 g/mol. The molecular weight excluding hydrogens is 302 g/mol. The number of ether oxygens (including phenoxy) is 1. The maximum Gasteiger partial charge on any atom is 0.238 e. The zero-order chi connectivity index (χ0) is 15.8. The molecule has 8 atom stereocenters. The topological polar surface area (TPSA) is 49.9 Å². The SMILES string of the molecule is O=C1[C@@H]2[C@H](C(=O)N1c1ccccc1)[C@H]1C[C@H]2[C@]23O[C@]12[C@H]1CC[C@H]3C1. The number of carbonyl (C=O) groups excluding carboxylic acids is 2. The van der Waals surface area contributed by atoms with Gasteiger partial charge in [0.25, 0.3) is 0 Å². The Hall–Kier alpha value is -1.68. The molecule has 4 aliphatic carbocycles. The van der Waals surface area contributed by atoms with Gasteiger partial charge in [-0.05, 0) is 49.7 Å². The van der Waals surface area contributed by atoms with E-state index >= 15 is 0 Å². The number of hydrogen-bond acceptors (Lipinski definition) is 3. The standard InChI is InChI=1S/C20H19NO3/c22-17-15-13-9-14(20-11-7-6-10(8-11)19(13,20)24-20)16(15)18(23)21(17)12-4-2-1-3-5-12/h1-5,10-11,13-16H,6-9H2/t10-,11-,13+,14+,15-,16+,19-,20+/m0/s1. The lowest BCUT2D eigenvalue weighted by Crippen LogP contribution is -2.46. The second kappa shape index (κ2) is 3.48. The molecule has 24 heavy (non-hydrogen) atoms. The molecule has 1 aromatic rings. The van der Waals surface area contributed by atoms with Gasteiger partial charge in [0.1, 0.15) is 11.2 Å². The summed E-state index contributed by atoms with van der Waals surface area (Å²) in [4.78, 5) is 27.9. The Balaban J connectivity index is 1.36. The van der Waals surface area contributed by atoms with Crippen molar-refractivity contribution in [2.75, 3.05) is 4.90 Å². The van der Waals surface area contributed by atoms with Gasteiger partial charge in [-0.2, -0.15) is 0 Å². The quantitative estimate of drug-likeness (QED) is 0.589. The molecule has 7 rings (SSSR count). The fourth-order valence-electron chi connectivity index (χ4n) is 8.00. The van der Waals surface area contributed by atoms with E-state index in [4.69, 9.17) is 4.74 Å². The first-order valence-corrected chi connectivity index (χ1v) is 9.33. The summed E-state index contributed by atoms with van der Waals surface area (Å²) < 4.78 is 6.49. The van der Waals surface area contributed by atoms with Crippen LogP contribution < -0.4 is 4.90 Å². The van der Waals surface area contributed by atoms with E-state index in [1.807, 2.05) is 30.3 Å². The van der Waals surface area contributed by atoms with Crippen molar-refractivity contribution in [3.63, 3.8) is 0 Å². The molecule has 4 nitrogen and oxygen atoms in total. The van der Waals surface area contributed by atoms with Gasteiger partial charge < -0.3 is 4.74 Å². The summed E-state index contributed by atoms with van der Waals surface area (Å²) in [7, 11) is 0. The molecule has 2 aliphatic heterocycles. The first-order chi connectivity index (χ1) is 11.7. The van der Waals surface area contributed by atoms with E-state index in [2.05, 4.69) is 0 Å². The van der Waals surface area contributed by atoms with E-state index < -0.39 is 0 Å². The largest absolute Gasteiger partial charge is 0.361 e. The fraction of sp³-hybridized carbons (Fsp3) is 0.600. The lowest BCUT2D eigenvalue weighted by atomic mass is 9.64. The Labute approximate surface area is 140 Å². The molecule has 0 aromatic heterocycles. The molecule has 4 bridgehead atoms. The predicted octanol–water partition coefficient (Wildman–Crippen LogP) is 2.38. The summed E-state index contributed by atoms with van der Waals surface area (Å²) in [6.45, 7) is 0. The highest BCUT2D eigenvalue weighted by Gasteiger charge is 2.95. The van der Waals surface area contributed by atoms with E-state index in [9.17, 15) is 9.59 Å². The number of para-hydroxylation sites is 1. The van der Waals surface area contributed by atoms with Gasteiger partial charge in [0.2, 0.25) is 11.8 Å². The molecule has 1 aromatic carbocycles. The van der Waals surface area contributed by atoms with Crippen LogP contribution in [0.1, 0.15) is 25.7 Å². The van der Waals surface area contributed by atoms with Gasteiger partial charge >= 0.3 is 0 Å². The molecule has 0 spiro atoms. The van der Waals surface area contributed by atoms with Crippen molar-refractivity contribution in [3.05, 3.63) is 30.3 Å². The molecule has 4 saturated carbocycles. The smallest absolute Gasteiger partial charge is 0.238 e. The summed E-state index contributed by atoms with van der Waals surface area (Å²) in [6.07, 6.45) is 4.84. The molecule has 2 heterocycles. The van der Waals surface area contributed by atoms with E-state index in [0.717, 1.165) is 12.1 Å². The summed E-state index contributed by atoms with van der Waals surface area (Å²) in [5, 5.41) is 0. The number of anilines is 1. The van der Waals surface area contributed by atoms with Crippen molar-refractivity contribution >= 4 is 17.5 Å². The fourth-order valence-corrected chi connectivity index (χ4v) is 8.00. The van der Waals surface area contributed by atoms with Crippen LogP contribution in [0.4, 0.5) is 5.69 Å². The van der Waals surface area contributed by atoms with Gasteiger partial charge in [-0.25, -0.2) is 0 Å². The monoisotopic (exact) mass is 321 g/mol. The number of imide groups is 1. The Bertz CT molecular complexity index is 775. The minimum atomic E-state index is -0.127. The number of hydrogen-bond donors (Lipinski definition) is 0. The Morgan fingerprint density at radius 3 is 2.04 bits per heavy atom. The van der Waals surface area contributed by atoms with E-state index in [0.29, 0.717) is 11.8 Å². The summed E-state index contributed by atoms with van der Waals surface area (Å²) in [5.74, 6) is 1.67. The third kappa shape index (κ3) is 0.972. The Morgan fingerprint density at radius 2 is 1.46 bits per heavy atom. The van der Waals surface area contributed by atoms with Gasteiger partial charge in [0, 0.05) is 11.8 Å². The van der Waals surface area contributed by atoms with Crippen LogP contribution in [0, 0.1) is 35.5 Å². The van der Waals surface area contributed by atoms with Crippen LogP contribution in [0.2, 0.25) is 0 Å². The van der Waals surface area contributed by atoms with E-state index in [1.165, 1.54) is 24.2 Å². The lowest BCUT2D eigenvalue weighted by molar-refractivity contribution is -0.124. The zero-order valence-electron chi connectivity index (χ0n) is 13.4. The number of benzene rings is 1. The van der Waals surface area contributed by atoms with E-state index in [1.54, 1.807) is 0 Å². The molecule has 0 radical (unpaired) electrons. The maximum absolute atomic E-state index is 13.2. The van der Waals surface area contributed by atoms with Gasteiger partial charge in [-0.3, -0.25) is 14.5 Å². The highest BCUT2D eigenvalue weighted by Crippen LogP contribution is 2.86.